The molecule has 4 rings (SSSR count). The molecule has 4 heterocycles. The van der Waals surface area contributed by atoms with Crippen molar-refractivity contribution in [2.24, 2.45) is 0 Å². The lowest BCUT2D eigenvalue weighted by atomic mass is 9.97. The van der Waals surface area contributed by atoms with Crippen LogP contribution in [0, 0.1) is 0 Å². The first-order chi connectivity index (χ1) is 14.5. The van der Waals surface area contributed by atoms with Crippen LogP contribution in [0.3, 0.4) is 0 Å². The molecule has 1 amide bonds. The molecule has 1 aliphatic heterocycles. The number of aromatic nitrogens is 3. The number of fused-ring (bicyclic) bond motifs is 1. The maximum Gasteiger partial charge on any atom is 0.280 e. The summed E-state index contributed by atoms with van der Waals surface area (Å²) in [5, 5.41) is 2.78. The molecule has 0 atom stereocenters. The number of alkyl halides is 2. The van der Waals surface area contributed by atoms with Crippen LogP contribution in [0.25, 0.3) is 5.65 Å². The largest absolute Gasteiger partial charge is 0.491 e. The predicted molar refractivity (Wildman–Crippen MR) is 107 cm³/mol. The fourth-order valence-corrected chi connectivity index (χ4v) is 3.70. The maximum atomic E-state index is 12.9. The van der Waals surface area contributed by atoms with Crippen LogP contribution >= 0.6 is 11.6 Å². The van der Waals surface area contributed by atoms with E-state index >= 15 is 0 Å². The molecule has 0 aromatic carbocycles. The number of amides is 1. The number of carbonyl (C=O) groups excluding carboxylic acids is 1. The van der Waals surface area contributed by atoms with Crippen molar-refractivity contribution in [1.82, 2.24) is 14.4 Å². The Morgan fingerprint density at radius 3 is 2.77 bits per heavy atom. The second kappa shape index (κ2) is 8.53. The minimum Gasteiger partial charge on any atom is -0.491 e. The van der Waals surface area contributed by atoms with Gasteiger partial charge in [0.25, 0.3) is 12.3 Å². The van der Waals surface area contributed by atoms with Gasteiger partial charge in [-0.25, -0.2) is 18.7 Å². The Hall–Kier alpha value is -2.78. The number of nitrogens with one attached hydrogen (secondary N) is 1. The van der Waals surface area contributed by atoms with E-state index in [4.69, 9.17) is 21.1 Å². The fraction of sp³-hybridized carbons (Fsp3) is 0.350. The second-order valence-electron chi connectivity index (χ2n) is 6.88. The summed E-state index contributed by atoms with van der Waals surface area (Å²) in [5.74, 6) is -0.0888. The number of anilines is 1. The van der Waals surface area contributed by atoms with Crippen molar-refractivity contribution in [3.05, 3.63) is 52.7 Å². The van der Waals surface area contributed by atoms with Gasteiger partial charge < -0.3 is 19.2 Å². The Balaban J connectivity index is 1.67. The van der Waals surface area contributed by atoms with Crippen molar-refractivity contribution in [2.45, 2.75) is 25.2 Å². The molecule has 1 aliphatic rings. The highest BCUT2D eigenvalue weighted by molar-refractivity contribution is 6.36. The Kier molecular flexibility index (Phi) is 5.83. The summed E-state index contributed by atoms with van der Waals surface area (Å²) in [4.78, 5) is 20.9. The van der Waals surface area contributed by atoms with Crippen LogP contribution in [0.2, 0.25) is 5.02 Å². The van der Waals surface area contributed by atoms with Gasteiger partial charge in [0.1, 0.15) is 16.4 Å². The van der Waals surface area contributed by atoms with Crippen LogP contribution in [0.4, 0.5) is 14.5 Å². The molecule has 1 N–H and O–H groups in total. The molecule has 3 aromatic heterocycles. The first-order valence-electron chi connectivity index (χ1n) is 9.37. The van der Waals surface area contributed by atoms with Crippen LogP contribution in [0.15, 0.2) is 30.6 Å². The zero-order valence-electron chi connectivity index (χ0n) is 16.1. The number of rotatable bonds is 5. The minimum absolute atomic E-state index is 0.142. The number of carbonyl (C=O) groups is 1. The van der Waals surface area contributed by atoms with Crippen molar-refractivity contribution in [1.29, 1.82) is 0 Å². The number of hydrogen-bond acceptors (Lipinski definition) is 5. The van der Waals surface area contributed by atoms with E-state index in [-0.39, 0.29) is 22.3 Å². The molecule has 158 valence electrons. The van der Waals surface area contributed by atoms with E-state index in [1.165, 1.54) is 19.2 Å². The van der Waals surface area contributed by atoms with Gasteiger partial charge in [-0.05, 0) is 25.0 Å². The zero-order chi connectivity index (χ0) is 21.3. The van der Waals surface area contributed by atoms with E-state index in [1.807, 2.05) is 6.20 Å². The summed E-state index contributed by atoms with van der Waals surface area (Å²) in [5.41, 5.74) is 1.06. The van der Waals surface area contributed by atoms with Crippen molar-refractivity contribution in [2.75, 3.05) is 25.6 Å². The molecule has 0 radical (unpaired) electrons. The third-order valence-electron chi connectivity index (χ3n) is 4.98. The monoisotopic (exact) mass is 436 g/mol. The topological polar surface area (TPSA) is 77.8 Å². The molecule has 0 saturated carbocycles. The van der Waals surface area contributed by atoms with Gasteiger partial charge in [0.05, 0.1) is 18.5 Å². The van der Waals surface area contributed by atoms with Gasteiger partial charge in [-0.1, -0.05) is 17.7 Å². The molecule has 30 heavy (non-hydrogen) atoms. The lowest BCUT2D eigenvalue weighted by molar-refractivity contribution is 0.0846. The second-order valence-corrected chi connectivity index (χ2v) is 7.25. The van der Waals surface area contributed by atoms with Gasteiger partial charge in [0.2, 0.25) is 0 Å². The van der Waals surface area contributed by atoms with Crippen LogP contribution in [0.5, 0.6) is 5.75 Å². The Morgan fingerprint density at radius 1 is 1.30 bits per heavy atom. The van der Waals surface area contributed by atoms with Crippen molar-refractivity contribution >= 4 is 28.8 Å². The number of pyridine rings is 2. The Labute approximate surface area is 176 Å². The number of imidazole rings is 1. The van der Waals surface area contributed by atoms with Crippen LogP contribution < -0.4 is 10.1 Å². The van der Waals surface area contributed by atoms with Crippen LogP contribution in [-0.2, 0) is 4.74 Å². The van der Waals surface area contributed by atoms with E-state index in [2.05, 4.69) is 15.3 Å². The molecule has 1 saturated heterocycles. The van der Waals surface area contributed by atoms with E-state index in [0.717, 1.165) is 24.6 Å². The number of halogens is 3. The first kappa shape index (κ1) is 20.5. The third-order valence-corrected chi connectivity index (χ3v) is 5.35. The lowest BCUT2D eigenvalue weighted by Crippen LogP contribution is -2.15. The zero-order valence-corrected chi connectivity index (χ0v) is 16.8. The molecule has 10 heteroatoms. The molecule has 0 unspecified atom stereocenters. The molecule has 1 fully saturated rings. The van der Waals surface area contributed by atoms with Gasteiger partial charge in [-0.3, -0.25) is 4.79 Å². The molecule has 0 spiro atoms. The summed E-state index contributed by atoms with van der Waals surface area (Å²) in [6, 6.07) is 3.86. The van der Waals surface area contributed by atoms with Crippen LogP contribution in [0.1, 0.15) is 47.1 Å². The van der Waals surface area contributed by atoms with Gasteiger partial charge in [-0.15, -0.1) is 0 Å². The summed E-state index contributed by atoms with van der Waals surface area (Å²) in [7, 11) is 1.46. The Bertz CT molecular complexity index is 1080. The van der Waals surface area contributed by atoms with Crippen molar-refractivity contribution in [3.8, 4) is 5.75 Å². The smallest absolute Gasteiger partial charge is 0.280 e. The quantitative estimate of drug-likeness (QED) is 0.638. The summed E-state index contributed by atoms with van der Waals surface area (Å²) in [6.45, 7) is 1.37. The summed E-state index contributed by atoms with van der Waals surface area (Å²) in [6.07, 6.45) is 2.46. The highest BCUT2D eigenvalue weighted by Gasteiger charge is 2.23. The van der Waals surface area contributed by atoms with Gasteiger partial charge >= 0.3 is 0 Å². The SMILES string of the molecule is COc1c(Cl)c(NC(=O)c2cccc(C(F)F)n2)cn2cc(C3CCOCC3)nc12. The molecular weight excluding hydrogens is 418 g/mol. The van der Waals surface area contributed by atoms with Crippen LogP contribution in [-0.4, -0.2) is 40.6 Å². The number of nitrogens with zero attached hydrogens (tertiary/aromatic N) is 3. The lowest BCUT2D eigenvalue weighted by Gasteiger charge is -2.19. The van der Waals surface area contributed by atoms with E-state index < -0.39 is 18.0 Å². The van der Waals surface area contributed by atoms with Gasteiger partial charge in [-0.2, -0.15) is 0 Å². The number of methoxy groups -OCH3 is 1. The number of ether oxygens (including phenoxy) is 2. The molecule has 0 bridgehead atoms. The van der Waals surface area contributed by atoms with Crippen molar-refractivity contribution < 1.29 is 23.0 Å². The highest BCUT2D eigenvalue weighted by Crippen LogP contribution is 2.37. The maximum absolute atomic E-state index is 12.9. The molecule has 7 nitrogen and oxygen atoms in total. The fourth-order valence-electron chi connectivity index (χ4n) is 3.44. The average molecular weight is 437 g/mol. The number of hydrogen-bond donors (Lipinski definition) is 1. The normalized spacial score (nSPS) is 15.0. The summed E-state index contributed by atoms with van der Waals surface area (Å²) >= 11 is 6.44. The molecular formula is C20H19ClF2N4O3. The van der Waals surface area contributed by atoms with E-state index in [9.17, 15) is 13.6 Å². The average Bonchev–Trinajstić information content (AvgIpc) is 3.18. The van der Waals surface area contributed by atoms with Gasteiger partial charge in [0.15, 0.2) is 11.4 Å². The van der Waals surface area contributed by atoms with Gasteiger partial charge in [0, 0.05) is 31.5 Å². The standard InChI is InChI=1S/C20H19ClF2N4O3/c1-29-17-16(21)15(26-20(28)13-4-2-3-12(24-13)18(22)23)10-27-9-14(25-19(17)27)11-5-7-30-8-6-11/h2-4,9-11,18H,5-8H2,1H3,(H,26,28). The molecule has 3 aromatic rings. The minimum atomic E-state index is -2.77. The first-order valence-corrected chi connectivity index (χ1v) is 9.75. The Morgan fingerprint density at radius 2 is 2.07 bits per heavy atom. The van der Waals surface area contributed by atoms with Crippen molar-refractivity contribution in [3.63, 3.8) is 0 Å². The van der Waals surface area contributed by atoms with E-state index in [0.29, 0.717) is 24.6 Å². The third kappa shape index (κ3) is 3.95. The highest BCUT2D eigenvalue weighted by atomic mass is 35.5. The van der Waals surface area contributed by atoms with E-state index in [1.54, 1.807) is 10.6 Å². The summed E-state index contributed by atoms with van der Waals surface area (Å²) < 4.78 is 38.3. The molecule has 0 aliphatic carbocycles. The predicted octanol–water partition coefficient (Wildman–Crippen LogP) is 4.48.